The lowest BCUT2D eigenvalue weighted by Gasteiger charge is -1.94. The molecule has 2 unspecified atom stereocenters. The Labute approximate surface area is 51.5 Å². The number of hydrogen-bond donors (Lipinski definition) is 1. The summed E-state index contributed by atoms with van der Waals surface area (Å²) in [6.45, 7) is 5.58. The molecule has 1 aliphatic rings. The summed E-state index contributed by atoms with van der Waals surface area (Å²) in [7, 11) is 0. The molecule has 1 heteroatoms. The minimum atomic E-state index is 0.880. The average Bonchev–Trinajstić information content (AvgIpc) is 2.48. The van der Waals surface area contributed by atoms with E-state index in [0.717, 1.165) is 18.5 Å². The Hall–Kier alpha value is -0.0400. The molecule has 1 rings (SSSR count). The van der Waals surface area contributed by atoms with E-state index in [1.54, 1.807) is 0 Å². The monoisotopic (exact) mass is 113 g/mol. The van der Waals surface area contributed by atoms with Crippen LogP contribution in [0.15, 0.2) is 0 Å². The fraction of sp³-hybridized carbons (Fsp3) is 1.00. The third-order valence-corrected chi connectivity index (χ3v) is 1.91. The van der Waals surface area contributed by atoms with Crippen molar-refractivity contribution in [2.24, 2.45) is 5.92 Å². The molecule has 0 aliphatic heterocycles. The van der Waals surface area contributed by atoms with Crippen LogP contribution in [0.25, 0.3) is 0 Å². The maximum absolute atomic E-state index is 3.42. The van der Waals surface area contributed by atoms with Crippen LogP contribution in [0.5, 0.6) is 0 Å². The molecular formula is C7H15N. The maximum Gasteiger partial charge on any atom is 0.00989 e. The highest BCUT2D eigenvalue weighted by molar-refractivity contribution is 4.91. The van der Waals surface area contributed by atoms with Gasteiger partial charge in [-0.3, -0.25) is 0 Å². The van der Waals surface area contributed by atoms with Gasteiger partial charge in [-0.15, -0.1) is 0 Å². The predicted molar refractivity (Wildman–Crippen MR) is 35.9 cm³/mol. The Morgan fingerprint density at radius 3 is 2.62 bits per heavy atom. The molecule has 0 aromatic heterocycles. The van der Waals surface area contributed by atoms with Crippen molar-refractivity contribution in [2.45, 2.75) is 32.7 Å². The third-order valence-electron chi connectivity index (χ3n) is 1.91. The minimum absolute atomic E-state index is 0.880. The molecule has 0 aromatic carbocycles. The van der Waals surface area contributed by atoms with Crippen molar-refractivity contribution in [3.8, 4) is 0 Å². The van der Waals surface area contributed by atoms with Gasteiger partial charge < -0.3 is 5.32 Å². The molecule has 0 saturated heterocycles. The van der Waals surface area contributed by atoms with Crippen LogP contribution >= 0.6 is 0 Å². The quantitative estimate of drug-likeness (QED) is 0.583. The summed E-state index contributed by atoms with van der Waals surface area (Å²) in [4.78, 5) is 0. The fourth-order valence-electron chi connectivity index (χ4n) is 1.21. The number of nitrogens with one attached hydrogen (secondary N) is 1. The van der Waals surface area contributed by atoms with E-state index in [2.05, 4.69) is 19.2 Å². The van der Waals surface area contributed by atoms with Crippen LogP contribution in [-0.2, 0) is 0 Å². The molecule has 2 atom stereocenters. The first-order valence-electron chi connectivity index (χ1n) is 3.61. The summed E-state index contributed by atoms with van der Waals surface area (Å²) in [5.41, 5.74) is 0. The van der Waals surface area contributed by atoms with Gasteiger partial charge in [-0.2, -0.15) is 0 Å². The molecule has 0 radical (unpaired) electrons. The summed E-state index contributed by atoms with van der Waals surface area (Å²) >= 11 is 0. The summed E-state index contributed by atoms with van der Waals surface area (Å²) in [5.74, 6) is 1.01. The van der Waals surface area contributed by atoms with E-state index in [1.165, 1.54) is 12.8 Å². The van der Waals surface area contributed by atoms with Crippen molar-refractivity contribution in [2.75, 3.05) is 6.54 Å². The molecule has 0 amide bonds. The van der Waals surface area contributed by atoms with Crippen LogP contribution < -0.4 is 5.32 Å². The van der Waals surface area contributed by atoms with Crippen molar-refractivity contribution >= 4 is 0 Å². The average molecular weight is 113 g/mol. The van der Waals surface area contributed by atoms with Gasteiger partial charge in [0.15, 0.2) is 0 Å². The van der Waals surface area contributed by atoms with E-state index in [0.29, 0.717) is 0 Å². The van der Waals surface area contributed by atoms with Crippen LogP contribution in [0.2, 0.25) is 0 Å². The Morgan fingerprint density at radius 1 is 1.50 bits per heavy atom. The van der Waals surface area contributed by atoms with E-state index >= 15 is 0 Å². The molecule has 0 heterocycles. The first-order chi connectivity index (χ1) is 3.88. The second-order valence-corrected chi connectivity index (χ2v) is 2.57. The molecule has 48 valence electrons. The molecule has 1 N–H and O–H groups in total. The maximum atomic E-state index is 3.42. The highest BCUT2D eigenvalue weighted by Crippen LogP contribution is 2.32. The van der Waals surface area contributed by atoms with Crippen LogP contribution in [0.3, 0.4) is 0 Å². The minimum Gasteiger partial charge on any atom is -0.314 e. The predicted octanol–water partition coefficient (Wildman–Crippen LogP) is 1.39. The SMILES string of the molecule is CCNC1CC1CC. The molecule has 0 aromatic rings. The van der Waals surface area contributed by atoms with Crippen molar-refractivity contribution in [1.82, 2.24) is 5.32 Å². The van der Waals surface area contributed by atoms with Crippen molar-refractivity contribution in [3.63, 3.8) is 0 Å². The van der Waals surface area contributed by atoms with Crippen LogP contribution in [0.4, 0.5) is 0 Å². The molecule has 1 nitrogen and oxygen atoms in total. The first kappa shape index (κ1) is 6.09. The van der Waals surface area contributed by atoms with E-state index in [4.69, 9.17) is 0 Å². The van der Waals surface area contributed by atoms with Gasteiger partial charge >= 0.3 is 0 Å². The number of hydrogen-bond acceptors (Lipinski definition) is 1. The van der Waals surface area contributed by atoms with Gasteiger partial charge in [-0.05, 0) is 18.9 Å². The standard InChI is InChI=1S/C7H15N/c1-3-6-5-7(6)8-4-2/h6-8H,3-5H2,1-2H3. The van der Waals surface area contributed by atoms with Crippen LogP contribution in [0, 0.1) is 5.92 Å². The van der Waals surface area contributed by atoms with E-state index < -0.39 is 0 Å². The Bertz CT molecular complexity index is 70.8. The molecule has 0 spiro atoms. The Kier molecular flexibility index (Phi) is 1.90. The normalized spacial score (nSPS) is 35.2. The largest absolute Gasteiger partial charge is 0.314 e. The van der Waals surface area contributed by atoms with Crippen LogP contribution in [0.1, 0.15) is 26.7 Å². The van der Waals surface area contributed by atoms with Gasteiger partial charge in [0.05, 0.1) is 0 Å². The van der Waals surface area contributed by atoms with E-state index in [-0.39, 0.29) is 0 Å². The zero-order valence-electron chi connectivity index (χ0n) is 5.78. The second-order valence-electron chi connectivity index (χ2n) is 2.57. The van der Waals surface area contributed by atoms with E-state index in [1.807, 2.05) is 0 Å². The molecule has 0 bridgehead atoms. The smallest absolute Gasteiger partial charge is 0.00989 e. The summed E-state index contributed by atoms with van der Waals surface area (Å²) in [6.07, 6.45) is 2.78. The molecule has 1 aliphatic carbocycles. The fourth-order valence-corrected chi connectivity index (χ4v) is 1.21. The van der Waals surface area contributed by atoms with Crippen LogP contribution in [-0.4, -0.2) is 12.6 Å². The van der Waals surface area contributed by atoms with Gasteiger partial charge in [-0.1, -0.05) is 20.3 Å². The highest BCUT2D eigenvalue weighted by Gasteiger charge is 2.33. The molecular weight excluding hydrogens is 98.1 g/mol. The zero-order chi connectivity index (χ0) is 5.98. The Morgan fingerprint density at radius 2 is 2.25 bits per heavy atom. The summed E-state index contributed by atoms with van der Waals surface area (Å²) in [6, 6.07) is 0.880. The summed E-state index contributed by atoms with van der Waals surface area (Å²) in [5, 5.41) is 3.42. The zero-order valence-corrected chi connectivity index (χ0v) is 5.78. The molecule has 1 fully saturated rings. The van der Waals surface area contributed by atoms with Gasteiger partial charge in [0.2, 0.25) is 0 Å². The topological polar surface area (TPSA) is 12.0 Å². The van der Waals surface area contributed by atoms with Gasteiger partial charge in [0.1, 0.15) is 0 Å². The van der Waals surface area contributed by atoms with Gasteiger partial charge in [-0.25, -0.2) is 0 Å². The van der Waals surface area contributed by atoms with Gasteiger partial charge in [0, 0.05) is 6.04 Å². The van der Waals surface area contributed by atoms with Crippen molar-refractivity contribution in [3.05, 3.63) is 0 Å². The molecule has 8 heavy (non-hydrogen) atoms. The third kappa shape index (κ3) is 1.22. The summed E-state index contributed by atoms with van der Waals surface area (Å²) < 4.78 is 0. The number of rotatable bonds is 3. The first-order valence-corrected chi connectivity index (χ1v) is 3.61. The van der Waals surface area contributed by atoms with Crippen molar-refractivity contribution < 1.29 is 0 Å². The lowest BCUT2D eigenvalue weighted by molar-refractivity contribution is 0.644. The molecule has 1 saturated carbocycles. The van der Waals surface area contributed by atoms with E-state index in [9.17, 15) is 0 Å². The second kappa shape index (κ2) is 2.49. The van der Waals surface area contributed by atoms with Gasteiger partial charge in [0.25, 0.3) is 0 Å². The highest BCUT2D eigenvalue weighted by atomic mass is 15.0. The van der Waals surface area contributed by atoms with Crippen molar-refractivity contribution in [1.29, 1.82) is 0 Å². The Balaban J connectivity index is 1.99. The lowest BCUT2D eigenvalue weighted by atomic mass is 10.3. The lowest BCUT2D eigenvalue weighted by Crippen LogP contribution is -2.16.